The summed E-state index contributed by atoms with van der Waals surface area (Å²) in [6.45, 7) is 0.856. The summed E-state index contributed by atoms with van der Waals surface area (Å²) in [5.41, 5.74) is 4.08. The molecule has 0 fully saturated rings. The number of aromatic nitrogens is 1. The monoisotopic (exact) mass is 296 g/mol. The average molecular weight is 296 g/mol. The van der Waals surface area contributed by atoms with Crippen molar-refractivity contribution in [2.24, 2.45) is 0 Å². The molecule has 98 valence electrons. The number of fused-ring (bicyclic) bond motifs is 2. The summed E-state index contributed by atoms with van der Waals surface area (Å²) in [4.78, 5) is 5.70. The van der Waals surface area contributed by atoms with Gasteiger partial charge in [-0.15, -0.1) is 22.7 Å². The molecule has 20 heavy (non-hydrogen) atoms. The van der Waals surface area contributed by atoms with Crippen molar-refractivity contribution < 1.29 is 0 Å². The zero-order valence-electron chi connectivity index (χ0n) is 10.7. The first-order valence-electron chi connectivity index (χ1n) is 6.43. The highest BCUT2D eigenvalue weighted by molar-refractivity contribution is 7.19. The van der Waals surface area contributed by atoms with Crippen LogP contribution >= 0.6 is 22.7 Å². The quantitative estimate of drug-likeness (QED) is 0.567. The van der Waals surface area contributed by atoms with Gasteiger partial charge in [0.1, 0.15) is 0 Å². The van der Waals surface area contributed by atoms with Gasteiger partial charge in [-0.1, -0.05) is 18.2 Å². The second kappa shape index (κ2) is 4.89. The minimum Gasteiger partial charge on any atom is -0.380 e. The summed E-state index contributed by atoms with van der Waals surface area (Å²) >= 11 is 3.52. The molecule has 0 aliphatic rings. The third kappa shape index (κ3) is 2.17. The van der Waals surface area contributed by atoms with Crippen molar-refractivity contribution in [2.75, 3.05) is 5.32 Å². The number of thiophene rings is 1. The van der Waals surface area contributed by atoms with Crippen LogP contribution in [-0.4, -0.2) is 4.98 Å². The van der Waals surface area contributed by atoms with E-state index >= 15 is 0 Å². The molecule has 4 rings (SSSR count). The second-order valence-electron chi connectivity index (χ2n) is 4.64. The minimum absolute atomic E-state index is 0.856. The molecule has 2 aromatic heterocycles. The fourth-order valence-corrected chi connectivity index (χ4v) is 3.94. The van der Waals surface area contributed by atoms with E-state index in [9.17, 15) is 0 Å². The topological polar surface area (TPSA) is 24.9 Å². The molecule has 0 radical (unpaired) electrons. The molecule has 0 spiro atoms. The zero-order chi connectivity index (χ0) is 13.4. The number of nitrogens with zero attached hydrogens (tertiary/aromatic N) is 1. The Morgan fingerprint density at radius 1 is 1.00 bits per heavy atom. The standard InChI is InChI=1S/C16H12N2S2/c1-2-4-15-11(3-1)7-13(20-15)9-17-12-5-6-16-14(8-12)18-10-19-16/h1-8,10,17H,9H2. The fraction of sp³-hybridized carbons (Fsp3) is 0.0625. The van der Waals surface area contributed by atoms with E-state index in [4.69, 9.17) is 0 Å². The molecule has 0 unspecified atom stereocenters. The normalized spacial score (nSPS) is 11.2. The molecular weight excluding hydrogens is 284 g/mol. The average Bonchev–Trinajstić information content (AvgIpc) is 3.10. The number of hydrogen-bond acceptors (Lipinski definition) is 4. The Balaban J connectivity index is 1.56. The van der Waals surface area contributed by atoms with Crippen molar-refractivity contribution in [3.8, 4) is 0 Å². The SMILES string of the molecule is c1ccc2sc(CNc3ccc4scnc4c3)cc2c1. The molecule has 0 aliphatic heterocycles. The van der Waals surface area contributed by atoms with Gasteiger partial charge in [-0.25, -0.2) is 4.98 Å². The summed E-state index contributed by atoms with van der Waals surface area (Å²) in [5.74, 6) is 0. The van der Waals surface area contributed by atoms with Crippen molar-refractivity contribution in [3.63, 3.8) is 0 Å². The zero-order valence-corrected chi connectivity index (χ0v) is 12.3. The van der Waals surface area contributed by atoms with Crippen LogP contribution in [0.3, 0.4) is 0 Å². The molecule has 0 saturated carbocycles. The molecule has 2 nitrogen and oxygen atoms in total. The van der Waals surface area contributed by atoms with E-state index in [2.05, 4.69) is 58.8 Å². The summed E-state index contributed by atoms with van der Waals surface area (Å²) in [5, 5.41) is 4.80. The third-order valence-corrected chi connectivity index (χ3v) is 5.20. The first kappa shape index (κ1) is 11.9. The number of anilines is 1. The van der Waals surface area contributed by atoms with Gasteiger partial charge in [-0.05, 0) is 35.7 Å². The van der Waals surface area contributed by atoms with Crippen molar-refractivity contribution in [2.45, 2.75) is 6.54 Å². The van der Waals surface area contributed by atoms with Crippen LogP contribution in [0.2, 0.25) is 0 Å². The molecule has 0 aliphatic carbocycles. The van der Waals surface area contributed by atoms with Gasteiger partial charge in [0.2, 0.25) is 0 Å². The molecule has 0 amide bonds. The lowest BCUT2D eigenvalue weighted by Gasteiger charge is -2.04. The Hall–Kier alpha value is -1.91. The van der Waals surface area contributed by atoms with Crippen LogP contribution in [0.1, 0.15) is 4.88 Å². The molecular formula is C16H12N2S2. The van der Waals surface area contributed by atoms with E-state index in [0.29, 0.717) is 0 Å². The van der Waals surface area contributed by atoms with E-state index in [1.807, 2.05) is 16.8 Å². The lowest BCUT2D eigenvalue weighted by atomic mass is 10.2. The molecule has 2 heterocycles. The van der Waals surface area contributed by atoms with E-state index in [0.717, 1.165) is 17.7 Å². The van der Waals surface area contributed by atoms with Gasteiger partial charge in [-0.3, -0.25) is 0 Å². The highest BCUT2D eigenvalue weighted by Gasteiger charge is 2.02. The first-order valence-corrected chi connectivity index (χ1v) is 8.13. The lowest BCUT2D eigenvalue weighted by Crippen LogP contribution is -1.96. The predicted molar refractivity (Wildman–Crippen MR) is 88.8 cm³/mol. The van der Waals surface area contributed by atoms with Crippen molar-refractivity contribution >= 4 is 48.7 Å². The van der Waals surface area contributed by atoms with Gasteiger partial charge in [0, 0.05) is 21.8 Å². The molecule has 0 saturated heterocycles. The van der Waals surface area contributed by atoms with Gasteiger partial charge in [-0.2, -0.15) is 0 Å². The smallest absolute Gasteiger partial charge is 0.0832 e. The number of thiazole rings is 1. The number of nitrogens with one attached hydrogen (secondary N) is 1. The third-order valence-electron chi connectivity index (χ3n) is 3.27. The molecule has 2 aromatic carbocycles. The van der Waals surface area contributed by atoms with Crippen LogP contribution in [0.4, 0.5) is 5.69 Å². The van der Waals surface area contributed by atoms with Crippen molar-refractivity contribution in [3.05, 3.63) is 58.9 Å². The first-order chi connectivity index (χ1) is 9.88. The Morgan fingerprint density at radius 3 is 2.90 bits per heavy atom. The van der Waals surface area contributed by atoms with E-state index in [1.165, 1.54) is 19.7 Å². The maximum Gasteiger partial charge on any atom is 0.0832 e. The second-order valence-corrected chi connectivity index (χ2v) is 6.69. The number of benzene rings is 2. The summed E-state index contributed by atoms with van der Waals surface area (Å²) in [7, 11) is 0. The van der Waals surface area contributed by atoms with E-state index in [1.54, 1.807) is 11.3 Å². The molecule has 0 atom stereocenters. The van der Waals surface area contributed by atoms with Gasteiger partial charge in [0.25, 0.3) is 0 Å². The Labute approximate surface area is 124 Å². The largest absolute Gasteiger partial charge is 0.380 e. The van der Waals surface area contributed by atoms with Crippen LogP contribution in [0, 0.1) is 0 Å². The Morgan fingerprint density at radius 2 is 1.95 bits per heavy atom. The maximum absolute atomic E-state index is 4.35. The molecule has 1 N–H and O–H groups in total. The van der Waals surface area contributed by atoms with Crippen molar-refractivity contribution in [1.82, 2.24) is 4.98 Å². The highest BCUT2D eigenvalue weighted by Crippen LogP contribution is 2.27. The Bertz CT molecular complexity index is 841. The summed E-state index contributed by atoms with van der Waals surface area (Å²) in [6, 6.07) is 17.1. The predicted octanol–water partition coefficient (Wildman–Crippen LogP) is 5.12. The molecule has 4 heteroatoms. The van der Waals surface area contributed by atoms with Crippen LogP contribution in [0.15, 0.2) is 54.0 Å². The molecule has 0 bridgehead atoms. The van der Waals surface area contributed by atoms with Crippen molar-refractivity contribution in [1.29, 1.82) is 0 Å². The summed E-state index contributed by atoms with van der Waals surface area (Å²) in [6.07, 6.45) is 0. The number of rotatable bonds is 3. The van der Waals surface area contributed by atoms with Crippen LogP contribution in [0.25, 0.3) is 20.3 Å². The van der Waals surface area contributed by atoms with Gasteiger partial charge >= 0.3 is 0 Å². The number of hydrogen-bond donors (Lipinski definition) is 1. The molecule has 4 aromatic rings. The van der Waals surface area contributed by atoms with Gasteiger partial charge < -0.3 is 5.32 Å². The van der Waals surface area contributed by atoms with Crippen LogP contribution in [0.5, 0.6) is 0 Å². The van der Waals surface area contributed by atoms with Gasteiger partial charge in [0.15, 0.2) is 0 Å². The van der Waals surface area contributed by atoms with Crippen LogP contribution in [-0.2, 0) is 6.54 Å². The van der Waals surface area contributed by atoms with E-state index < -0.39 is 0 Å². The Kier molecular flexibility index (Phi) is 2.90. The minimum atomic E-state index is 0.856. The van der Waals surface area contributed by atoms with E-state index in [-0.39, 0.29) is 0 Å². The summed E-state index contributed by atoms with van der Waals surface area (Å²) < 4.78 is 2.58. The van der Waals surface area contributed by atoms with Gasteiger partial charge in [0.05, 0.1) is 15.7 Å². The highest BCUT2D eigenvalue weighted by atomic mass is 32.1. The van der Waals surface area contributed by atoms with Crippen LogP contribution < -0.4 is 5.32 Å². The maximum atomic E-state index is 4.35. The lowest BCUT2D eigenvalue weighted by molar-refractivity contribution is 1.20. The fourth-order valence-electron chi connectivity index (χ4n) is 2.28.